The molecule has 0 saturated heterocycles. The molecule has 0 atom stereocenters. The van der Waals surface area contributed by atoms with E-state index >= 15 is 0 Å². The third-order valence-electron chi connectivity index (χ3n) is 2.24. The van der Waals surface area contributed by atoms with Crippen LogP contribution in [0.25, 0.3) is 0 Å². The van der Waals surface area contributed by atoms with Crippen molar-refractivity contribution in [1.29, 1.82) is 0 Å². The van der Waals surface area contributed by atoms with Gasteiger partial charge in [0.25, 0.3) is 0 Å². The average Bonchev–Trinajstić information content (AvgIpc) is 2.33. The van der Waals surface area contributed by atoms with Gasteiger partial charge in [-0.3, -0.25) is 4.79 Å². The second kappa shape index (κ2) is 2.08. The minimum atomic E-state index is 0.278. The second-order valence-electron chi connectivity index (χ2n) is 2.96. The SMILES string of the molecule is O=C1C=CC2=C(CCC2)C1. The van der Waals surface area contributed by atoms with E-state index in [1.54, 1.807) is 6.08 Å². The first kappa shape index (κ1) is 5.90. The molecule has 1 nitrogen and oxygen atoms in total. The molecule has 10 heavy (non-hydrogen) atoms. The monoisotopic (exact) mass is 134 g/mol. The summed E-state index contributed by atoms with van der Waals surface area (Å²) in [7, 11) is 0. The first-order valence-electron chi connectivity index (χ1n) is 3.78. The predicted molar refractivity (Wildman–Crippen MR) is 39.6 cm³/mol. The summed E-state index contributed by atoms with van der Waals surface area (Å²) in [6, 6.07) is 0. The lowest BCUT2D eigenvalue weighted by atomic mass is 10.00. The van der Waals surface area contributed by atoms with E-state index in [0.29, 0.717) is 6.42 Å². The maximum atomic E-state index is 10.9. The third-order valence-corrected chi connectivity index (χ3v) is 2.24. The average molecular weight is 134 g/mol. The van der Waals surface area contributed by atoms with Crippen molar-refractivity contribution in [2.45, 2.75) is 25.7 Å². The lowest BCUT2D eigenvalue weighted by molar-refractivity contribution is -0.114. The Labute approximate surface area is 60.4 Å². The van der Waals surface area contributed by atoms with Gasteiger partial charge in [-0.05, 0) is 30.9 Å². The maximum absolute atomic E-state index is 10.9. The van der Waals surface area contributed by atoms with Crippen LogP contribution in [-0.4, -0.2) is 5.78 Å². The van der Waals surface area contributed by atoms with Crippen LogP contribution in [0.5, 0.6) is 0 Å². The van der Waals surface area contributed by atoms with Crippen LogP contribution in [0.1, 0.15) is 25.7 Å². The summed E-state index contributed by atoms with van der Waals surface area (Å²) in [5.74, 6) is 0.278. The normalized spacial score (nSPS) is 23.8. The molecule has 2 aliphatic carbocycles. The Kier molecular flexibility index (Phi) is 1.23. The summed E-state index contributed by atoms with van der Waals surface area (Å²) < 4.78 is 0. The van der Waals surface area contributed by atoms with Crippen LogP contribution >= 0.6 is 0 Å². The van der Waals surface area contributed by atoms with Crippen molar-refractivity contribution >= 4 is 5.78 Å². The number of allylic oxidation sites excluding steroid dienone is 4. The van der Waals surface area contributed by atoms with E-state index in [9.17, 15) is 4.79 Å². The summed E-state index contributed by atoms with van der Waals surface area (Å²) >= 11 is 0. The quantitative estimate of drug-likeness (QED) is 0.495. The molecular formula is C9H10O. The van der Waals surface area contributed by atoms with Crippen molar-refractivity contribution in [3.63, 3.8) is 0 Å². The zero-order valence-electron chi connectivity index (χ0n) is 5.89. The smallest absolute Gasteiger partial charge is 0.159 e. The number of ketones is 1. The minimum Gasteiger partial charge on any atom is -0.294 e. The molecule has 0 bridgehead atoms. The summed E-state index contributed by atoms with van der Waals surface area (Å²) in [6.07, 6.45) is 8.01. The van der Waals surface area contributed by atoms with Crippen LogP contribution in [0, 0.1) is 0 Å². The zero-order valence-corrected chi connectivity index (χ0v) is 5.89. The van der Waals surface area contributed by atoms with Crippen molar-refractivity contribution in [3.05, 3.63) is 23.3 Å². The molecule has 0 aromatic carbocycles. The van der Waals surface area contributed by atoms with E-state index in [1.165, 1.54) is 24.0 Å². The second-order valence-corrected chi connectivity index (χ2v) is 2.96. The van der Waals surface area contributed by atoms with Crippen LogP contribution in [0.3, 0.4) is 0 Å². The summed E-state index contributed by atoms with van der Waals surface area (Å²) in [6.45, 7) is 0. The van der Waals surface area contributed by atoms with E-state index in [-0.39, 0.29) is 5.78 Å². The van der Waals surface area contributed by atoms with Gasteiger partial charge in [0.15, 0.2) is 5.78 Å². The Hall–Kier alpha value is -0.850. The zero-order chi connectivity index (χ0) is 6.97. The molecule has 2 aliphatic rings. The van der Waals surface area contributed by atoms with E-state index in [1.807, 2.05) is 6.08 Å². The molecule has 0 heterocycles. The van der Waals surface area contributed by atoms with Crippen molar-refractivity contribution in [1.82, 2.24) is 0 Å². The van der Waals surface area contributed by atoms with Crippen LogP contribution in [0.15, 0.2) is 23.3 Å². The predicted octanol–water partition coefficient (Wildman–Crippen LogP) is 2.00. The molecule has 2 rings (SSSR count). The molecule has 0 radical (unpaired) electrons. The molecular weight excluding hydrogens is 124 g/mol. The minimum absolute atomic E-state index is 0.278. The molecule has 0 N–H and O–H groups in total. The van der Waals surface area contributed by atoms with Gasteiger partial charge in [0.05, 0.1) is 0 Å². The molecule has 52 valence electrons. The van der Waals surface area contributed by atoms with Gasteiger partial charge in [0, 0.05) is 6.42 Å². The molecule has 0 saturated carbocycles. The highest BCUT2D eigenvalue weighted by atomic mass is 16.1. The van der Waals surface area contributed by atoms with Crippen LogP contribution < -0.4 is 0 Å². The topological polar surface area (TPSA) is 17.1 Å². The fraction of sp³-hybridized carbons (Fsp3) is 0.444. The largest absolute Gasteiger partial charge is 0.294 e. The standard InChI is InChI=1S/C9H10O/c10-9-5-4-7-2-1-3-8(7)6-9/h4-5H,1-3,6H2. The molecule has 0 spiro atoms. The van der Waals surface area contributed by atoms with E-state index < -0.39 is 0 Å². The number of carbonyl (C=O) groups is 1. The van der Waals surface area contributed by atoms with E-state index in [0.717, 1.165) is 6.42 Å². The summed E-state index contributed by atoms with van der Waals surface area (Å²) in [5.41, 5.74) is 2.83. The fourth-order valence-electron chi connectivity index (χ4n) is 1.70. The van der Waals surface area contributed by atoms with Gasteiger partial charge >= 0.3 is 0 Å². The first-order chi connectivity index (χ1) is 4.86. The molecule has 1 heteroatoms. The summed E-state index contributed by atoms with van der Waals surface area (Å²) in [4.78, 5) is 10.9. The van der Waals surface area contributed by atoms with Gasteiger partial charge in [-0.2, -0.15) is 0 Å². The van der Waals surface area contributed by atoms with E-state index in [2.05, 4.69) is 0 Å². The highest BCUT2D eigenvalue weighted by Gasteiger charge is 2.17. The fourth-order valence-corrected chi connectivity index (χ4v) is 1.70. The summed E-state index contributed by atoms with van der Waals surface area (Å²) in [5, 5.41) is 0. The number of carbonyl (C=O) groups excluding carboxylic acids is 1. The Morgan fingerprint density at radius 3 is 3.00 bits per heavy atom. The van der Waals surface area contributed by atoms with Gasteiger partial charge in [0.2, 0.25) is 0 Å². The molecule has 0 amide bonds. The van der Waals surface area contributed by atoms with Crippen LogP contribution in [0.2, 0.25) is 0 Å². The first-order valence-corrected chi connectivity index (χ1v) is 3.78. The van der Waals surface area contributed by atoms with Gasteiger partial charge in [-0.15, -0.1) is 0 Å². The van der Waals surface area contributed by atoms with Gasteiger partial charge < -0.3 is 0 Å². The van der Waals surface area contributed by atoms with Crippen molar-refractivity contribution in [3.8, 4) is 0 Å². The Morgan fingerprint density at radius 2 is 2.10 bits per heavy atom. The van der Waals surface area contributed by atoms with Crippen molar-refractivity contribution in [2.75, 3.05) is 0 Å². The Bertz CT molecular complexity index is 233. The maximum Gasteiger partial charge on any atom is 0.159 e. The third kappa shape index (κ3) is 0.821. The van der Waals surface area contributed by atoms with Gasteiger partial charge in [0.1, 0.15) is 0 Å². The molecule has 0 aromatic heterocycles. The number of rotatable bonds is 0. The highest BCUT2D eigenvalue weighted by Crippen LogP contribution is 2.31. The van der Waals surface area contributed by atoms with Gasteiger partial charge in [-0.1, -0.05) is 11.6 Å². The number of hydrogen-bond acceptors (Lipinski definition) is 1. The molecule has 0 fully saturated rings. The Morgan fingerprint density at radius 1 is 1.20 bits per heavy atom. The lowest BCUT2D eigenvalue weighted by Gasteiger charge is -2.05. The Balaban J connectivity index is 2.30. The van der Waals surface area contributed by atoms with Gasteiger partial charge in [-0.25, -0.2) is 0 Å². The number of hydrogen-bond donors (Lipinski definition) is 0. The molecule has 0 aliphatic heterocycles. The lowest BCUT2D eigenvalue weighted by Crippen LogP contribution is -1.99. The van der Waals surface area contributed by atoms with Crippen LogP contribution in [0.4, 0.5) is 0 Å². The van der Waals surface area contributed by atoms with Crippen molar-refractivity contribution in [2.24, 2.45) is 0 Å². The van der Waals surface area contributed by atoms with Crippen LogP contribution in [-0.2, 0) is 4.79 Å². The molecule has 0 aromatic rings. The van der Waals surface area contributed by atoms with Crippen molar-refractivity contribution < 1.29 is 4.79 Å². The molecule has 0 unspecified atom stereocenters. The van der Waals surface area contributed by atoms with E-state index in [4.69, 9.17) is 0 Å². The highest BCUT2D eigenvalue weighted by molar-refractivity contribution is 5.93.